The van der Waals surface area contributed by atoms with E-state index in [2.05, 4.69) is 43.3 Å². The van der Waals surface area contributed by atoms with Gasteiger partial charge in [-0.25, -0.2) is 4.52 Å². The molecule has 0 aliphatic carbocycles. The molecule has 2 heteroatoms. The number of pyridine rings is 1. The molecule has 0 bridgehead atoms. The first-order valence-corrected chi connectivity index (χ1v) is 5.63. The summed E-state index contributed by atoms with van der Waals surface area (Å²) < 4.78 is 1.95. The van der Waals surface area contributed by atoms with Gasteiger partial charge in [-0.1, -0.05) is 33.8 Å². The average Bonchev–Trinajstić information content (AvgIpc) is 2.59. The van der Waals surface area contributed by atoms with E-state index in [9.17, 15) is 0 Å². The molecule has 0 fully saturated rings. The second kappa shape index (κ2) is 4.96. The van der Waals surface area contributed by atoms with Crippen molar-refractivity contribution in [1.82, 2.24) is 9.61 Å². The number of rotatable bonds is 1. The monoisotopic (exact) mass is 204 g/mol. The summed E-state index contributed by atoms with van der Waals surface area (Å²) in [4.78, 5) is 0. The first-order valence-electron chi connectivity index (χ1n) is 5.63. The van der Waals surface area contributed by atoms with Gasteiger partial charge in [-0.3, -0.25) is 0 Å². The smallest absolute Gasteiger partial charge is 0.0664 e. The zero-order valence-electron chi connectivity index (χ0n) is 10.3. The largest absolute Gasteiger partial charge is 0.240 e. The van der Waals surface area contributed by atoms with Gasteiger partial charge in [0.15, 0.2) is 0 Å². The topological polar surface area (TPSA) is 17.3 Å². The van der Waals surface area contributed by atoms with Gasteiger partial charge in [0.2, 0.25) is 0 Å². The predicted octanol–water partition coefficient (Wildman–Crippen LogP) is 3.79. The molecule has 2 rings (SSSR count). The number of nitrogens with zero attached hydrogens (tertiary/aromatic N) is 2. The van der Waals surface area contributed by atoms with Crippen LogP contribution in [-0.4, -0.2) is 9.61 Å². The average molecular weight is 204 g/mol. The van der Waals surface area contributed by atoms with Crippen LogP contribution in [0.4, 0.5) is 0 Å². The van der Waals surface area contributed by atoms with Gasteiger partial charge in [0, 0.05) is 6.20 Å². The molecule has 0 saturated carbocycles. The Morgan fingerprint density at radius 2 is 1.87 bits per heavy atom. The third kappa shape index (κ3) is 2.58. The lowest BCUT2D eigenvalue weighted by Crippen LogP contribution is -1.93. The molecule has 0 N–H and O–H groups in total. The molecule has 0 saturated heterocycles. The molecular weight excluding hydrogens is 184 g/mol. The first-order chi connectivity index (χ1) is 7.16. The Morgan fingerprint density at radius 3 is 2.47 bits per heavy atom. The number of fused-ring (bicyclic) bond motifs is 1. The van der Waals surface area contributed by atoms with Gasteiger partial charge in [0.25, 0.3) is 0 Å². The lowest BCUT2D eigenvalue weighted by Gasteiger charge is -2.04. The summed E-state index contributed by atoms with van der Waals surface area (Å²) in [7, 11) is 0. The molecule has 0 atom stereocenters. The highest BCUT2D eigenvalue weighted by atomic mass is 15.2. The van der Waals surface area contributed by atoms with E-state index in [1.165, 1.54) is 11.1 Å². The van der Waals surface area contributed by atoms with Crippen LogP contribution in [0.15, 0.2) is 24.4 Å². The maximum absolute atomic E-state index is 4.37. The molecule has 0 unspecified atom stereocenters. The summed E-state index contributed by atoms with van der Waals surface area (Å²) in [6, 6.07) is 6.38. The van der Waals surface area contributed by atoms with Crippen molar-refractivity contribution < 1.29 is 0 Å². The van der Waals surface area contributed by atoms with Crippen molar-refractivity contribution in [2.24, 2.45) is 0 Å². The summed E-state index contributed by atoms with van der Waals surface area (Å²) >= 11 is 0. The second-order valence-corrected chi connectivity index (χ2v) is 3.77. The Bertz CT molecular complexity index is 427. The molecule has 0 amide bonds. The molecule has 0 aliphatic rings. The zero-order valence-corrected chi connectivity index (χ0v) is 10.3. The van der Waals surface area contributed by atoms with Crippen LogP contribution in [0.25, 0.3) is 5.52 Å². The number of hydrogen-bond acceptors (Lipinski definition) is 1. The number of aromatic nitrogens is 2. The minimum Gasteiger partial charge on any atom is -0.240 e. The Balaban J connectivity index is 0.000000531. The Kier molecular flexibility index (Phi) is 3.89. The summed E-state index contributed by atoms with van der Waals surface area (Å²) in [6.07, 6.45) is 2.10. The van der Waals surface area contributed by atoms with E-state index < -0.39 is 0 Å². The van der Waals surface area contributed by atoms with E-state index in [1.54, 1.807) is 0 Å². The maximum Gasteiger partial charge on any atom is 0.0664 e. The second-order valence-electron chi connectivity index (χ2n) is 3.77. The van der Waals surface area contributed by atoms with Gasteiger partial charge in [0.1, 0.15) is 0 Å². The third-order valence-corrected chi connectivity index (χ3v) is 2.27. The molecule has 0 spiro atoms. The quantitative estimate of drug-likeness (QED) is 0.690. The van der Waals surface area contributed by atoms with Gasteiger partial charge in [-0.2, -0.15) is 5.10 Å². The van der Waals surface area contributed by atoms with Crippen LogP contribution in [0.5, 0.6) is 0 Å². The van der Waals surface area contributed by atoms with E-state index in [4.69, 9.17) is 0 Å². The van der Waals surface area contributed by atoms with Gasteiger partial charge >= 0.3 is 0 Å². The Morgan fingerprint density at radius 1 is 1.20 bits per heavy atom. The first kappa shape index (κ1) is 11.8. The summed E-state index contributed by atoms with van der Waals surface area (Å²) in [6.45, 7) is 10.4. The molecule has 0 radical (unpaired) electrons. The van der Waals surface area contributed by atoms with Crippen molar-refractivity contribution in [1.29, 1.82) is 0 Å². The molecule has 2 heterocycles. The van der Waals surface area contributed by atoms with Crippen LogP contribution in [0, 0.1) is 6.92 Å². The van der Waals surface area contributed by atoms with Crippen LogP contribution in [-0.2, 0) is 0 Å². The Hall–Kier alpha value is -1.31. The predicted molar refractivity (Wildman–Crippen MR) is 65.4 cm³/mol. The number of aryl methyl sites for hydroxylation is 1. The fraction of sp³-hybridized carbons (Fsp3) is 0.462. The molecule has 15 heavy (non-hydrogen) atoms. The molecule has 2 aromatic rings. The zero-order chi connectivity index (χ0) is 11.4. The van der Waals surface area contributed by atoms with Crippen LogP contribution in [0.3, 0.4) is 0 Å². The maximum atomic E-state index is 4.37. The van der Waals surface area contributed by atoms with Gasteiger partial charge in [0.05, 0.1) is 11.2 Å². The minimum absolute atomic E-state index is 0.564. The Labute approximate surface area is 91.9 Å². The van der Waals surface area contributed by atoms with Gasteiger partial charge in [-0.05, 0) is 30.5 Å². The van der Waals surface area contributed by atoms with Crippen molar-refractivity contribution in [3.63, 3.8) is 0 Å². The molecule has 82 valence electrons. The highest BCUT2D eigenvalue weighted by molar-refractivity contribution is 5.48. The molecule has 0 aromatic carbocycles. The number of hydrogen-bond donors (Lipinski definition) is 0. The van der Waals surface area contributed by atoms with Gasteiger partial charge < -0.3 is 0 Å². The molecule has 0 aliphatic heterocycles. The molecule has 2 nitrogen and oxygen atoms in total. The lowest BCUT2D eigenvalue weighted by molar-refractivity contribution is 0.831. The van der Waals surface area contributed by atoms with E-state index >= 15 is 0 Å². The van der Waals surface area contributed by atoms with E-state index in [-0.39, 0.29) is 0 Å². The molecule has 2 aromatic heterocycles. The normalized spacial score (nSPS) is 10.3. The summed E-state index contributed by atoms with van der Waals surface area (Å²) in [5.41, 5.74) is 3.57. The fourth-order valence-corrected chi connectivity index (χ4v) is 1.47. The standard InChI is InChI=1S/C11H14N2.C2H6/c1-8(2)10-4-5-11-6-9(3)12-13(11)7-10;1-2/h4-8H,1-3H3;1-2H3. The minimum atomic E-state index is 0.564. The van der Waals surface area contributed by atoms with Crippen LogP contribution in [0.1, 0.15) is 44.9 Å². The van der Waals surface area contributed by atoms with Crippen molar-refractivity contribution in [2.45, 2.75) is 40.5 Å². The van der Waals surface area contributed by atoms with Crippen LogP contribution >= 0.6 is 0 Å². The van der Waals surface area contributed by atoms with E-state index in [0.29, 0.717) is 5.92 Å². The van der Waals surface area contributed by atoms with E-state index in [0.717, 1.165) is 5.69 Å². The van der Waals surface area contributed by atoms with Crippen LogP contribution in [0.2, 0.25) is 0 Å². The third-order valence-electron chi connectivity index (χ3n) is 2.27. The SMILES string of the molecule is CC.Cc1cc2ccc(C(C)C)cn2n1. The summed E-state index contributed by atoms with van der Waals surface area (Å²) in [5.74, 6) is 0.564. The lowest BCUT2D eigenvalue weighted by atomic mass is 10.1. The highest BCUT2D eigenvalue weighted by Gasteiger charge is 2.01. The fourth-order valence-electron chi connectivity index (χ4n) is 1.47. The van der Waals surface area contributed by atoms with Crippen LogP contribution < -0.4 is 0 Å². The van der Waals surface area contributed by atoms with Gasteiger partial charge in [-0.15, -0.1) is 0 Å². The molecular formula is C13H20N2. The van der Waals surface area contributed by atoms with Crippen molar-refractivity contribution >= 4 is 5.52 Å². The highest BCUT2D eigenvalue weighted by Crippen LogP contribution is 2.15. The van der Waals surface area contributed by atoms with E-state index in [1.807, 2.05) is 25.3 Å². The summed E-state index contributed by atoms with van der Waals surface area (Å²) in [5, 5.41) is 4.37. The van der Waals surface area contributed by atoms with Crippen molar-refractivity contribution in [3.8, 4) is 0 Å². The van der Waals surface area contributed by atoms with Crippen molar-refractivity contribution in [3.05, 3.63) is 35.7 Å². The van der Waals surface area contributed by atoms with Crippen molar-refractivity contribution in [2.75, 3.05) is 0 Å².